The van der Waals surface area contributed by atoms with E-state index in [1.165, 1.54) is 25.7 Å². The van der Waals surface area contributed by atoms with E-state index < -0.39 is 0 Å². The zero-order valence-corrected chi connectivity index (χ0v) is 20.8. The van der Waals surface area contributed by atoms with Crippen LogP contribution in [-0.4, -0.2) is 34.9 Å². The van der Waals surface area contributed by atoms with Crippen molar-refractivity contribution >= 4 is 35.8 Å². The van der Waals surface area contributed by atoms with Crippen LogP contribution < -0.4 is 16.4 Å². The van der Waals surface area contributed by atoms with Gasteiger partial charge in [0.1, 0.15) is 17.5 Å². The lowest BCUT2D eigenvalue weighted by atomic mass is 9.87. The van der Waals surface area contributed by atoms with Gasteiger partial charge in [-0.05, 0) is 63.5 Å². The fourth-order valence-electron chi connectivity index (χ4n) is 3.90. The van der Waals surface area contributed by atoms with E-state index in [0.717, 1.165) is 36.2 Å². The first kappa shape index (κ1) is 25.0. The highest BCUT2D eigenvalue weighted by Crippen LogP contribution is 2.23. The number of nitriles is 1. The molecule has 2 aromatic rings. The number of guanidine groups is 1. The van der Waals surface area contributed by atoms with Crippen molar-refractivity contribution in [2.45, 2.75) is 58.4 Å². The molecule has 0 amide bonds. The van der Waals surface area contributed by atoms with Crippen LogP contribution in [0.4, 0.5) is 5.82 Å². The van der Waals surface area contributed by atoms with Crippen molar-refractivity contribution in [3.63, 3.8) is 0 Å². The van der Waals surface area contributed by atoms with Crippen LogP contribution >= 0.6 is 24.0 Å². The van der Waals surface area contributed by atoms with Crippen molar-refractivity contribution in [1.82, 2.24) is 20.4 Å². The highest BCUT2D eigenvalue weighted by atomic mass is 127. The molecule has 1 aliphatic rings. The summed E-state index contributed by atoms with van der Waals surface area (Å²) in [6.07, 6.45) is 6.43. The van der Waals surface area contributed by atoms with E-state index in [2.05, 4.69) is 35.6 Å². The second-order valence-electron chi connectivity index (χ2n) is 8.03. The van der Waals surface area contributed by atoms with Gasteiger partial charge in [0.05, 0.1) is 11.4 Å². The molecule has 0 radical (unpaired) electrons. The second-order valence-corrected chi connectivity index (χ2v) is 8.03. The van der Waals surface area contributed by atoms with Crippen molar-refractivity contribution in [2.24, 2.45) is 10.9 Å². The Morgan fingerprint density at radius 1 is 1.26 bits per heavy atom. The summed E-state index contributed by atoms with van der Waals surface area (Å²) < 4.78 is 1.65. The molecule has 31 heavy (non-hydrogen) atoms. The Kier molecular flexibility index (Phi) is 10.1. The van der Waals surface area contributed by atoms with Gasteiger partial charge in [-0.3, -0.25) is 4.99 Å². The largest absolute Gasteiger partial charge is 0.382 e. The van der Waals surface area contributed by atoms with E-state index >= 15 is 0 Å². The molecule has 1 saturated carbocycles. The van der Waals surface area contributed by atoms with E-state index in [0.29, 0.717) is 30.4 Å². The molecule has 7 nitrogen and oxygen atoms in total. The Hall–Kier alpha value is -2.28. The average Bonchev–Trinajstić information content (AvgIpc) is 3.08. The average molecular weight is 535 g/mol. The summed E-state index contributed by atoms with van der Waals surface area (Å²) in [5.41, 5.74) is 8.23. The van der Waals surface area contributed by atoms with E-state index in [1.54, 1.807) is 4.68 Å². The first-order chi connectivity index (χ1) is 14.6. The number of nitrogens with zero attached hydrogens (tertiary/aromatic N) is 4. The van der Waals surface area contributed by atoms with Crippen LogP contribution in [0.25, 0.3) is 5.69 Å². The molecule has 1 aromatic carbocycles. The zero-order valence-electron chi connectivity index (χ0n) is 18.5. The summed E-state index contributed by atoms with van der Waals surface area (Å²) >= 11 is 0. The normalized spacial score (nSPS) is 18.7. The number of benzene rings is 1. The summed E-state index contributed by atoms with van der Waals surface area (Å²) in [5, 5.41) is 21.1. The fourth-order valence-corrected chi connectivity index (χ4v) is 3.90. The lowest BCUT2D eigenvalue weighted by Gasteiger charge is -2.28. The number of hydrogen-bond acceptors (Lipinski definition) is 4. The van der Waals surface area contributed by atoms with E-state index in [4.69, 9.17) is 10.7 Å². The highest BCUT2D eigenvalue weighted by molar-refractivity contribution is 14.0. The number of halogens is 1. The van der Waals surface area contributed by atoms with Gasteiger partial charge in [0.2, 0.25) is 0 Å². The molecule has 168 valence electrons. The molecule has 1 fully saturated rings. The fraction of sp³-hybridized carbons (Fsp3) is 0.522. The van der Waals surface area contributed by atoms with Gasteiger partial charge in [-0.1, -0.05) is 25.1 Å². The summed E-state index contributed by atoms with van der Waals surface area (Å²) in [5.74, 6) is 2.11. The topological polar surface area (TPSA) is 104 Å². The first-order valence-corrected chi connectivity index (χ1v) is 11.0. The predicted molar refractivity (Wildman–Crippen MR) is 137 cm³/mol. The lowest BCUT2D eigenvalue weighted by molar-refractivity contribution is 0.329. The monoisotopic (exact) mass is 535 g/mol. The Bertz CT molecular complexity index is 877. The molecule has 0 aliphatic heterocycles. The maximum atomic E-state index is 9.54. The molecule has 1 heterocycles. The van der Waals surface area contributed by atoms with Crippen LogP contribution in [0.3, 0.4) is 0 Å². The molecule has 3 rings (SSSR count). The van der Waals surface area contributed by atoms with Crippen molar-refractivity contribution in [3.05, 3.63) is 41.6 Å². The van der Waals surface area contributed by atoms with Crippen LogP contribution in [0, 0.1) is 17.2 Å². The third-order valence-corrected chi connectivity index (χ3v) is 5.65. The number of nitrogens with two attached hydrogens (primary N) is 1. The predicted octanol–water partition coefficient (Wildman–Crippen LogP) is 4.01. The second kappa shape index (κ2) is 12.5. The molecular formula is C23H34IN7. The van der Waals surface area contributed by atoms with Crippen LogP contribution in [0.1, 0.15) is 57.2 Å². The molecule has 0 unspecified atom stereocenters. The number of aryl methyl sites for hydroxylation is 1. The van der Waals surface area contributed by atoms with Crippen LogP contribution in [0.5, 0.6) is 0 Å². The molecule has 0 atom stereocenters. The van der Waals surface area contributed by atoms with Gasteiger partial charge in [-0.15, -0.1) is 24.0 Å². The van der Waals surface area contributed by atoms with Crippen molar-refractivity contribution < 1.29 is 0 Å². The minimum atomic E-state index is 0. The van der Waals surface area contributed by atoms with Gasteiger partial charge in [0, 0.05) is 19.1 Å². The van der Waals surface area contributed by atoms with Gasteiger partial charge >= 0.3 is 0 Å². The van der Waals surface area contributed by atoms with Gasteiger partial charge in [-0.2, -0.15) is 10.4 Å². The molecule has 4 N–H and O–H groups in total. The van der Waals surface area contributed by atoms with Crippen LogP contribution in [-0.2, 0) is 6.42 Å². The lowest BCUT2D eigenvalue weighted by Crippen LogP contribution is -2.44. The SMILES string of the molecule is CCNC(=NCCCc1nn(-c2ccccc2)c(N)c1C#N)NC1CCC(C)CC1.I. The van der Waals surface area contributed by atoms with Crippen molar-refractivity contribution in [2.75, 3.05) is 18.8 Å². The summed E-state index contributed by atoms with van der Waals surface area (Å²) in [4.78, 5) is 4.73. The summed E-state index contributed by atoms with van der Waals surface area (Å²) in [6.45, 7) is 5.92. The number of aliphatic imine (C=N–C) groups is 1. The van der Waals surface area contributed by atoms with Gasteiger partial charge in [0.15, 0.2) is 5.96 Å². The number of anilines is 1. The number of nitrogen functional groups attached to an aromatic ring is 1. The third kappa shape index (κ3) is 6.86. The first-order valence-electron chi connectivity index (χ1n) is 11.0. The van der Waals surface area contributed by atoms with E-state index in [9.17, 15) is 5.26 Å². The molecule has 0 saturated heterocycles. The smallest absolute Gasteiger partial charge is 0.191 e. The molecule has 1 aromatic heterocycles. The van der Waals surface area contributed by atoms with Crippen LogP contribution in [0.2, 0.25) is 0 Å². The Morgan fingerprint density at radius 2 is 1.97 bits per heavy atom. The number of nitrogens with one attached hydrogen (secondary N) is 2. The Morgan fingerprint density at radius 3 is 2.61 bits per heavy atom. The number of aromatic nitrogens is 2. The number of rotatable bonds is 7. The molecule has 0 bridgehead atoms. The van der Waals surface area contributed by atoms with E-state index in [1.807, 2.05) is 30.3 Å². The molecule has 0 spiro atoms. The minimum Gasteiger partial charge on any atom is -0.382 e. The molecular weight excluding hydrogens is 501 g/mol. The molecule has 8 heteroatoms. The van der Waals surface area contributed by atoms with Gasteiger partial charge in [0.25, 0.3) is 0 Å². The summed E-state index contributed by atoms with van der Waals surface area (Å²) in [6, 6.07) is 12.4. The highest BCUT2D eigenvalue weighted by Gasteiger charge is 2.19. The zero-order chi connectivity index (χ0) is 21.3. The van der Waals surface area contributed by atoms with Crippen molar-refractivity contribution in [3.8, 4) is 11.8 Å². The minimum absolute atomic E-state index is 0. The maximum absolute atomic E-state index is 9.54. The van der Waals surface area contributed by atoms with Gasteiger partial charge < -0.3 is 16.4 Å². The van der Waals surface area contributed by atoms with E-state index in [-0.39, 0.29) is 24.0 Å². The van der Waals surface area contributed by atoms with Gasteiger partial charge in [-0.25, -0.2) is 4.68 Å². The van der Waals surface area contributed by atoms with Crippen molar-refractivity contribution in [1.29, 1.82) is 5.26 Å². The summed E-state index contributed by atoms with van der Waals surface area (Å²) in [7, 11) is 0. The third-order valence-electron chi connectivity index (χ3n) is 5.65. The number of hydrogen-bond donors (Lipinski definition) is 3. The Labute approximate surface area is 202 Å². The quantitative estimate of drug-likeness (QED) is 0.215. The Balaban J connectivity index is 0.00000341. The molecule has 1 aliphatic carbocycles. The number of para-hydroxylation sites is 1. The maximum Gasteiger partial charge on any atom is 0.191 e. The van der Waals surface area contributed by atoms with Crippen LogP contribution in [0.15, 0.2) is 35.3 Å². The standard InChI is InChI=1S/C23H33N7.HI/c1-3-26-23(28-18-13-11-17(2)12-14-18)27-15-7-10-21-20(16-24)22(25)30(29-21)19-8-5-4-6-9-19;/h4-6,8-9,17-18H,3,7,10-15,25H2,1-2H3,(H2,26,27,28);1H.